The summed E-state index contributed by atoms with van der Waals surface area (Å²) in [6, 6.07) is 19.2. The number of rotatable bonds is 3. The largest absolute Gasteiger partial charge is 0.253 e. The summed E-state index contributed by atoms with van der Waals surface area (Å²) >= 11 is 0. The van der Waals surface area contributed by atoms with Crippen molar-refractivity contribution in [2.75, 3.05) is 0 Å². The number of aromatic nitrogens is 1. The summed E-state index contributed by atoms with van der Waals surface area (Å²) in [7, 11) is 0. The van der Waals surface area contributed by atoms with E-state index in [1.54, 1.807) is 0 Å². The molecule has 1 aromatic heterocycles. The van der Waals surface area contributed by atoms with Crippen molar-refractivity contribution in [3.05, 3.63) is 77.0 Å². The maximum Gasteiger partial charge on any atom is 0.0708 e. The van der Waals surface area contributed by atoms with Crippen LogP contribution in [0.2, 0.25) is 0 Å². The number of nitrogens with zero attached hydrogens (tertiary/aromatic N) is 1. The van der Waals surface area contributed by atoms with E-state index in [0.717, 1.165) is 17.6 Å². The maximum absolute atomic E-state index is 4.61. The molecule has 0 amide bonds. The Kier molecular flexibility index (Phi) is 6.34. The molecule has 23 heavy (non-hydrogen) atoms. The van der Waals surface area contributed by atoms with Crippen LogP contribution < -0.4 is 0 Å². The number of benzene rings is 2. The van der Waals surface area contributed by atoms with Gasteiger partial charge in [0, 0.05) is 11.1 Å². The Morgan fingerprint density at radius 2 is 1.61 bits per heavy atom. The minimum Gasteiger partial charge on any atom is -0.253 e. The van der Waals surface area contributed by atoms with E-state index in [-0.39, 0.29) is 0 Å². The second-order valence-electron chi connectivity index (χ2n) is 6.02. The van der Waals surface area contributed by atoms with Crippen molar-refractivity contribution in [1.82, 2.24) is 4.98 Å². The summed E-state index contributed by atoms with van der Waals surface area (Å²) in [5, 5.41) is 1.25. The molecule has 0 unspecified atom stereocenters. The van der Waals surface area contributed by atoms with Gasteiger partial charge in [-0.1, -0.05) is 62.7 Å². The first-order valence-corrected chi connectivity index (χ1v) is 8.54. The molecule has 0 fully saturated rings. The van der Waals surface area contributed by atoms with E-state index < -0.39 is 0 Å². The molecule has 0 N–H and O–H groups in total. The fourth-order valence-corrected chi connectivity index (χ4v) is 2.71. The highest BCUT2D eigenvalue weighted by atomic mass is 14.7. The van der Waals surface area contributed by atoms with Gasteiger partial charge in [-0.2, -0.15) is 0 Å². The third kappa shape index (κ3) is 4.92. The molecule has 0 radical (unpaired) electrons. The lowest BCUT2D eigenvalue weighted by Crippen LogP contribution is -1.92. The van der Waals surface area contributed by atoms with E-state index in [4.69, 9.17) is 0 Å². The molecule has 120 valence electrons. The summed E-state index contributed by atoms with van der Waals surface area (Å²) in [6.45, 7) is 8.56. The van der Waals surface area contributed by atoms with E-state index >= 15 is 0 Å². The highest BCUT2D eigenvalue weighted by molar-refractivity contribution is 5.80. The van der Waals surface area contributed by atoms with Gasteiger partial charge in [-0.15, -0.1) is 0 Å². The minimum atomic E-state index is 1.06. The lowest BCUT2D eigenvalue weighted by Gasteiger charge is -2.05. The highest BCUT2D eigenvalue weighted by Crippen LogP contribution is 2.18. The topological polar surface area (TPSA) is 12.9 Å². The van der Waals surface area contributed by atoms with E-state index in [0.29, 0.717) is 0 Å². The average Bonchev–Trinajstić information content (AvgIpc) is 2.56. The second kappa shape index (κ2) is 8.47. The third-order valence-corrected chi connectivity index (χ3v) is 4.03. The van der Waals surface area contributed by atoms with Gasteiger partial charge in [-0.25, -0.2) is 0 Å². The van der Waals surface area contributed by atoms with Crippen LogP contribution in [0.5, 0.6) is 0 Å². The Bertz CT molecular complexity index is 745. The van der Waals surface area contributed by atoms with Crippen LogP contribution >= 0.6 is 0 Å². The molecule has 1 heteroatoms. The Morgan fingerprint density at radius 3 is 2.26 bits per heavy atom. The number of hydrogen-bond donors (Lipinski definition) is 0. The maximum atomic E-state index is 4.61. The molecule has 0 bridgehead atoms. The Balaban J connectivity index is 0.000000185. The average molecular weight is 305 g/mol. The van der Waals surface area contributed by atoms with Crippen LogP contribution in [0.1, 0.15) is 42.7 Å². The molecule has 0 aliphatic carbocycles. The van der Waals surface area contributed by atoms with Crippen molar-refractivity contribution in [1.29, 1.82) is 0 Å². The molecular formula is C22H27N. The molecular weight excluding hydrogens is 278 g/mol. The van der Waals surface area contributed by atoms with Gasteiger partial charge in [0.15, 0.2) is 0 Å². The summed E-state index contributed by atoms with van der Waals surface area (Å²) < 4.78 is 0. The van der Waals surface area contributed by atoms with Crippen molar-refractivity contribution >= 4 is 10.9 Å². The van der Waals surface area contributed by atoms with Gasteiger partial charge in [-0.3, -0.25) is 4.98 Å². The van der Waals surface area contributed by atoms with Crippen LogP contribution in [-0.2, 0) is 12.8 Å². The number of aryl methyl sites for hydroxylation is 4. The van der Waals surface area contributed by atoms with Crippen molar-refractivity contribution in [2.24, 2.45) is 0 Å². The number of pyridine rings is 1. The van der Waals surface area contributed by atoms with Gasteiger partial charge in [0.25, 0.3) is 0 Å². The monoisotopic (exact) mass is 305 g/mol. The van der Waals surface area contributed by atoms with Crippen LogP contribution in [0.15, 0.2) is 54.6 Å². The molecule has 0 aliphatic rings. The minimum absolute atomic E-state index is 1.06. The highest BCUT2D eigenvalue weighted by Gasteiger charge is 2.01. The number of fused-ring (bicyclic) bond motifs is 1. The van der Waals surface area contributed by atoms with Crippen molar-refractivity contribution < 1.29 is 0 Å². The SMILES string of the molecule is CCCc1ccccc1.CCc1cc2ccc(C)cc2nc1C. The predicted molar refractivity (Wildman–Crippen MR) is 101 cm³/mol. The predicted octanol–water partition coefficient (Wildman–Crippen LogP) is 6.05. The lowest BCUT2D eigenvalue weighted by atomic mass is 10.1. The van der Waals surface area contributed by atoms with Gasteiger partial charge < -0.3 is 0 Å². The normalized spacial score (nSPS) is 10.3. The molecule has 1 heterocycles. The quantitative estimate of drug-likeness (QED) is 0.573. The zero-order valence-electron chi connectivity index (χ0n) is 14.8. The molecule has 3 rings (SSSR count). The lowest BCUT2D eigenvalue weighted by molar-refractivity contribution is 0.922. The van der Waals surface area contributed by atoms with Crippen LogP contribution in [0.4, 0.5) is 0 Å². The van der Waals surface area contributed by atoms with Gasteiger partial charge in [0.1, 0.15) is 0 Å². The van der Waals surface area contributed by atoms with Gasteiger partial charge in [0.05, 0.1) is 5.52 Å². The second-order valence-corrected chi connectivity index (χ2v) is 6.02. The van der Waals surface area contributed by atoms with Gasteiger partial charge >= 0.3 is 0 Å². The van der Waals surface area contributed by atoms with Crippen molar-refractivity contribution in [3.63, 3.8) is 0 Å². The zero-order valence-corrected chi connectivity index (χ0v) is 14.8. The number of hydrogen-bond acceptors (Lipinski definition) is 1. The van der Waals surface area contributed by atoms with E-state index in [1.807, 2.05) is 0 Å². The summed E-state index contributed by atoms with van der Waals surface area (Å²) in [4.78, 5) is 4.61. The summed E-state index contributed by atoms with van der Waals surface area (Å²) in [5.41, 5.74) is 6.33. The standard InChI is InChI=1S/C13H15N.C9H12/c1-4-11-8-12-6-5-9(2)7-13(12)14-10(11)3;1-2-6-9-7-4-3-5-8-9/h5-8H,4H2,1-3H3;3-5,7-8H,2,6H2,1H3. The van der Waals surface area contributed by atoms with Crippen molar-refractivity contribution in [3.8, 4) is 0 Å². The molecule has 0 aliphatic heterocycles. The Hall–Kier alpha value is -2.15. The fourth-order valence-electron chi connectivity index (χ4n) is 2.71. The molecule has 2 aromatic carbocycles. The van der Waals surface area contributed by atoms with E-state index in [1.165, 1.54) is 34.9 Å². The zero-order chi connectivity index (χ0) is 16.7. The molecule has 1 nitrogen and oxygen atoms in total. The molecule has 0 atom stereocenters. The van der Waals surface area contributed by atoms with Gasteiger partial charge in [0.2, 0.25) is 0 Å². The van der Waals surface area contributed by atoms with Crippen LogP contribution in [0.25, 0.3) is 10.9 Å². The smallest absolute Gasteiger partial charge is 0.0708 e. The third-order valence-electron chi connectivity index (χ3n) is 4.03. The summed E-state index contributed by atoms with van der Waals surface area (Å²) in [6.07, 6.45) is 3.51. The fraction of sp³-hybridized carbons (Fsp3) is 0.318. The first-order valence-electron chi connectivity index (χ1n) is 8.54. The van der Waals surface area contributed by atoms with Crippen LogP contribution in [0.3, 0.4) is 0 Å². The van der Waals surface area contributed by atoms with Crippen LogP contribution in [0, 0.1) is 13.8 Å². The molecule has 0 saturated heterocycles. The molecule has 3 aromatic rings. The van der Waals surface area contributed by atoms with E-state index in [9.17, 15) is 0 Å². The van der Waals surface area contributed by atoms with E-state index in [2.05, 4.69) is 87.3 Å². The molecule has 0 spiro atoms. The van der Waals surface area contributed by atoms with Crippen LogP contribution in [-0.4, -0.2) is 4.98 Å². The van der Waals surface area contributed by atoms with Gasteiger partial charge in [-0.05, 0) is 55.5 Å². The first-order chi connectivity index (χ1) is 11.1. The Morgan fingerprint density at radius 1 is 0.870 bits per heavy atom. The summed E-state index contributed by atoms with van der Waals surface area (Å²) in [5.74, 6) is 0. The Labute approximate surface area is 140 Å². The van der Waals surface area contributed by atoms with Crippen molar-refractivity contribution in [2.45, 2.75) is 47.0 Å². The molecule has 0 saturated carbocycles. The first kappa shape index (κ1) is 17.2.